The Bertz CT molecular complexity index is 464. The quantitative estimate of drug-likeness (QED) is 0.635. The third-order valence-corrected chi connectivity index (χ3v) is 3.30. The monoisotopic (exact) mass is 202 g/mol. The Hall–Kier alpha value is -1.37. The highest BCUT2D eigenvalue weighted by atomic mass is 19.1. The number of allylic oxidation sites excluding steroid dienone is 4. The maximum atomic E-state index is 13.6. The third-order valence-electron chi connectivity index (χ3n) is 3.30. The highest BCUT2D eigenvalue weighted by Gasteiger charge is 2.18. The molecule has 1 aliphatic carbocycles. The van der Waals surface area contributed by atoms with E-state index in [1.54, 1.807) is 6.07 Å². The summed E-state index contributed by atoms with van der Waals surface area (Å²) in [6.45, 7) is 6.30. The van der Waals surface area contributed by atoms with E-state index in [1.807, 2.05) is 12.1 Å². The van der Waals surface area contributed by atoms with Crippen LogP contribution in [-0.4, -0.2) is 0 Å². The van der Waals surface area contributed by atoms with Gasteiger partial charge in [0.1, 0.15) is 5.82 Å². The number of halogens is 1. The molecule has 0 saturated heterocycles. The summed E-state index contributed by atoms with van der Waals surface area (Å²) < 4.78 is 13.6. The van der Waals surface area contributed by atoms with E-state index in [1.165, 1.54) is 22.8 Å². The first-order valence-electron chi connectivity index (χ1n) is 5.22. The number of rotatable bonds is 1. The average Bonchev–Trinajstić information content (AvgIpc) is 2.47. The van der Waals surface area contributed by atoms with Gasteiger partial charge >= 0.3 is 0 Å². The van der Waals surface area contributed by atoms with Crippen LogP contribution in [0, 0.1) is 5.82 Å². The summed E-state index contributed by atoms with van der Waals surface area (Å²) in [4.78, 5) is 0. The highest BCUT2D eigenvalue weighted by Crippen LogP contribution is 2.38. The normalized spacial score (nSPS) is 16.5. The van der Waals surface area contributed by atoms with Gasteiger partial charge in [-0.15, -0.1) is 0 Å². The van der Waals surface area contributed by atoms with E-state index in [4.69, 9.17) is 0 Å². The van der Waals surface area contributed by atoms with Gasteiger partial charge in [0.15, 0.2) is 0 Å². The fourth-order valence-corrected chi connectivity index (χ4v) is 2.08. The van der Waals surface area contributed by atoms with Gasteiger partial charge in [-0.1, -0.05) is 23.8 Å². The average molecular weight is 202 g/mol. The minimum absolute atomic E-state index is 0.116. The molecule has 0 amide bonds. The Kier molecular flexibility index (Phi) is 2.47. The summed E-state index contributed by atoms with van der Waals surface area (Å²) >= 11 is 0. The minimum Gasteiger partial charge on any atom is -0.206 e. The molecule has 0 bridgehead atoms. The largest absolute Gasteiger partial charge is 0.206 e. The van der Waals surface area contributed by atoms with Gasteiger partial charge in [-0.05, 0) is 50.0 Å². The Morgan fingerprint density at radius 1 is 1.00 bits per heavy atom. The molecule has 1 heteroatoms. The lowest BCUT2D eigenvalue weighted by Gasteiger charge is -2.06. The molecule has 1 aromatic carbocycles. The van der Waals surface area contributed by atoms with E-state index >= 15 is 0 Å². The van der Waals surface area contributed by atoms with E-state index in [9.17, 15) is 4.39 Å². The number of hydrogen-bond acceptors (Lipinski definition) is 0. The van der Waals surface area contributed by atoms with Gasteiger partial charge in [-0.25, -0.2) is 4.39 Å². The van der Waals surface area contributed by atoms with Crippen LogP contribution in [0.1, 0.15) is 32.8 Å². The molecule has 0 saturated carbocycles. The predicted molar refractivity (Wildman–Crippen MR) is 62.0 cm³/mol. The zero-order valence-electron chi connectivity index (χ0n) is 9.39. The van der Waals surface area contributed by atoms with Crippen LogP contribution in [0.25, 0.3) is 5.57 Å². The van der Waals surface area contributed by atoms with Crippen LogP contribution in [-0.2, 0) is 0 Å². The predicted octanol–water partition coefficient (Wildman–Crippen LogP) is 4.34. The van der Waals surface area contributed by atoms with Gasteiger partial charge in [-0.2, -0.15) is 0 Å². The molecule has 0 unspecified atom stereocenters. The van der Waals surface area contributed by atoms with Crippen LogP contribution in [0.3, 0.4) is 0 Å². The summed E-state index contributed by atoms with van der Waals surface area (Å²) in [5.41, 5.74) is 5.80. The third kappa shape index (κ3) is 1.63. The van der Waals surface area contributed by atoms with Gasteiger partial charge in [0.25, 0.3) is 0 Å². The van der Waals surface area contributed by atoms with Gasteiger partial charge in [0, 0.05) is 5.56 Å². The Labute approximate surface area is 90.1 Å². The number of hydrogen-bond donors (Lipinski definition) is 0. The molecule has 0 nitrogen and oxygen atoms in total. The van der Waals surface area contributed by atoms with Crippen LogP contribution >= 0.6 is 0 Å². The molecule has 0 spiro atoms. The lowest BCUT2D eigenvalue weighted by Crippen LogP contribution is -1.89. The van der Waals surface area contributed by atoms with Crippen molar-refractivity contribution in [2.45, 2.75) is 27.2 Å². The summed E-state index contributed by atoms with van der Waals surface area (Å²) in [6, 6.07) is 7.01. The Balaban J connectivity index is 2.49. The molecule has 1 aliphatic rings. The van der Waals surface area contributed by atoms with Gasteiger partial charge < -0.3 is 0 Å². The summed E-state index contributed by atoms with van der Waals surface area (Å²) in [7, 11) is 0. The maximum Gasteiger partial charge on any atom is 0.130 e. The van der Waals surface area contributed by atoms with Crippen molar-refractivity contribution in [2.24, 2.45) is 0 Å². The first-order chi connectivity index (χ1) is 7.11. The van der Waals surface area contributed by atoms with E-state index in [-0.39, 0.29) is 5.82 Å². The smallest absolute Gasteiger partial charge is 0.130 e. The number of benzene rings is 1. The van der Waals surface area contributed by atoms with Crippen LogP contribution in [0.2, 0.25) is 0 Å². The second-order valence-electron chi connectivity index (χ2n) is 4.17. The second kappa shape index (κ2) is 3.65. The summed E-state index contributed by atoms with van der Waals surface area (Å²) in [5, 5.41) is 0. The topological polar surface area (TPSA) is 0 Å². The zero-order chi connectivity index (χ0) is 11.0. The highest BCUT2D eigenvalue weighted by molar-refractivity contribution is 5.77. The SMILES string of the molecule is CC1=C(C)C(C)=C(c2ccccc2F)C1. The molecule has 0 heterocycles. The lowest BCUT2D eigenvalue weighted by molar-refractivity contribution is 0.623. The molecule has 0 atom stereocenters. The van der Waals surface area contributed by atoms with Gasteiger partial charge in [-0.3, -0.25) is 0 Å². The Morgan fingerprint density at radius 3 is 2.20 bits per heavy atom. The van der Waals surface area contributed by atoms with Gasteiger partial charge in [0.05, 0.1) is 0 Å². The molecule has 0 aromatic heterocycles. The van der Waals surface area contributed by atoms with Crippen molar-refractivity contribution in [3.05, 3.63) is 52.4 Å². The van der Waals surface area contributed by atoms with Crippen LogP contribution in [0.5, 0.6) is 0 Å². The molecular weight excluding hydrogens is 187 g/mol. The molecule has 0 fully saturated rings. The second-order valence-corrected chi connectivity index (χ2v) is 4.17. The molecule has 78 valence electrons. The minimum atomic E-state index is -0.116. The molecule has 0 N–H and O–H groups in total. The van der Waals surface area contributed by atoms with Crippen molar-refractivity contribution in [1.29, 1.82) is 0 Å². The van der Waals surface area contributed by atoms with E-state index < -0.39 is 0 Å². The van der Waals surface area contributed by atoms with E-state index in [0.29, 0.717) is 0 Å². The van der Waals surface area contributed by atoms with Crippen LogP contribution < -0.4 is 0 Å². The zero-order valence-corrected chi connectivity index (χ0v) is 9.39. The van der Waals surface area contributed by atoms with Gasteiger partial charge in [0.2, 0.25) is 0 Å². The van der Waals surface area contributed by atoms with E-state index in [0.717, 1.165) is 17.6 Å². The molecule has 2 rings (SSSR count). The fourth-order valence-electron chi connectivity index (χ4n) is 2.08. The van der Waals surface area contributed by atoms with Crippen molar-refractivity contribution in [2.75, 3.05) is 0 Å². The van der Waals surface area contributed by atoms with Crippen molar-refractivity contribution < 1.29 is 4.39 Å². The molecular formula is C14H15F. The van der Waals surface area contributed by atoms with Crippen molar-refractivity contribution in [3.63, 3.8) is 0 Å². The molecule has 0 radical (unpaired) electrons. The van der Waals surface area contributed by atoms with Crippen LogP contribution in [0.4, 0.5) is 4.39 Å². The standard InChI is InChI=1S/C14H15F/c1-9-8-13(11(3)10(9)2)12-6-4-5-7-14(12)15/h4-7H,8H2,1-3H3. The first kappa shape index (κ1) is 10.2. The fraction of sp³-hybridized carbons (Fsp3) is 0.286. The van der Waals surface area contributed by atoms with Crippen molar-refractivity contribution >= 4 is 5.57 Å². The molecule has 1 aromatic rings. The molecule has 0 aliphatic heterocycles. The maximum absolute atomic E-state index is 13.6. The summed E-state index contributed by atoms with van der Waals surface area (Å²) in [5.74, 6) is -0.116. The Morgan fingerprint density at radius 2 is 1.67 bits per heavy atom. The molecule has 15 heavy (non-hydrogen) atoms. The first-order valence-corrected chi connectivity index (χ1v) is 5.22. The lowest BCUT2D eigenvalue weighted by atomic mass is 10.00. The van der Waals surface area contributed by atoms with E-state index in [2.05, 4.69) is 20.8 Å². The van der Waals surface area contributed by atoms with Crippen molar-refractivity contribution in [1.82, 2.24) is 0 Å². The van der Waals surface area contributed by atoms with Crippen molar-refractivity contribution in [3.8, 4) is 0 Å². The summed E-state index contributed by atoms with van der Waals surface area (Å²) in [6.07, 6.45) is 0.888. The van der Waals surface area contributed by atoms with Crippen LogP contribution in [0.15, 0.2) is 41.0 Å².